The van der Waals surface area contributed by atoms with Crippen LogP contribution in [0.3, 0.4) is 0 Å². The van der Waals surface area contributed by atoms with Gasteiger partial charge in [0.1, 0.15) is 0 Å². The molecule has 4 nitrogen and oxygen atoms in total. The van der Waals surface area contributed by atoms with E-state index in [1.54, 1.807) is 0 Å². The number of anilines is 1. The molecule has 2 atom stereocenters. The Kier molecular flexibility index (Phi) is 4.01. The summed E-state index contributed by atoms with van der Waals surface area (Å²) in [5.74, 6) is 1.19. The van der Waals surface area contributed by atoms with Crippen LogP contribution in [0.1, 0.15) is 63.6 Å². The van der Waals surface area contributed by atoms with E-state index in [9.17, 15) is 0 Å². The summed E-state index contributed by atoms with van der Waals surface area (Å²) in [5.41, 5.74) is 7.24. The number of piperidine rings is 1. The van der Waals surface area contributed by atoms with Crippen molar-refractivity contribution in [3.05, 3.63) is 11.9 Å². The van der Waals surface area contributed by atoms with E-state index in [2.05, 4.69) is 29.5 Å². The van der Waals surface area contributed by atoms with Crippen molar-refractivity contribution in [2.45, 2.75) is 76.9 Å². The topological polar surface area (TPSA) is 47.1 Å². The highest BCUT2D eigenvalue weighted by Gasteiger charge is 2.28. The molecule has 1 aliphatic heterocycles. The average Bonchev–Trinajstić information content (AvgIpc) is 2.81. The molecule has 1 aromatic rings. The van der Waals surface area contributed by atoms with Gasteiger partial charge in [-0.3, -0.25) is 0 Å². The minimum atomic E-state index is 0.362. The molecule has 0 aromatic carbocycles. The van der Waals surface area contributed by atoms with Crippen LogP contribution >= 0.6 is 0 Å². The molecule has 1 saturated heterocycles. The van der Waals surface area contributed by atoms with Crippen LogP contribution in [-0.4, -0.2) is 28.2 Å². The summed E-state index contributed by atoms with van der Waals surface area (Å²) in [6.45, 7) is 5.45. The van der Waals surface area contributed by atoms with E-state index in [0.29, 0.717) is 18.1 Å². The van der Waals surface area contributed by atoms with Gasteiger partial charge in [-0.15, -0.1) is 0 Å². The van der Waals surface area contributed by atoms with Crippen LogP contribution in [0.2, 0.25) is 0 Å². The molecule has 2 unspecified atom stereocenters. The summed E-state index contributed by atoms with van der Waals surface area (Å²) in [4.78, 5) is 7.31. The first-order chi connectivity index (χ1) is 9.65. The van der Waals surface area contributed by atoms with Crippen molar-refractivity contribution < 1.29 is 0 Å². The Labute approximate surface area is 122 Å². The molecule has 0 amide bonds. The Morgan fingerprint density at radius 3 is 2.65 bits per heavy atom. The number of aromatic nitrogens is 2. The second-order valence-electron chi connectivity index (χ2n) is 6.71. The van der Waals surface area contributed by atoms with Crippen LogP contribution in [0, 0.1) is 6.92 Å². The molecule has 0 bridgehead atoms. The fourth-order valence-corrected chi connectivity index (χ4v) is 3.85. The molecule has 0 radical (unpaired) electrons. The maximum absolute atomic E-state index is 6.10. The fourth-order valence-electron chi connectivity index (χ4n) is 3.85. The second kappa shape index (κ2) is 5.76. The predicted molar refractivity (Wildman–Crippen MR) is 83.1 cm³/mol. The molecular formula is C16H28N4. The minimum Gasteiger partial charge on any atom is -0.339 e. The third-order valence-electron chi connectivity index (χ3n) is 4.97. The molecule has 3 rings (SSSR count). The van der Waals surface area contributed by atoms with E-state index in [1.807, 2.05) is 0 Å². The molecule has 2 N–H and O–H groups in total. The van der Waals surface area contributed by atoms with E-state index >= 15 is 0 Å². The van der Waals surface area contributed by atoms with E-state index < -0.39 is 0 Å². The molecule has 112 valence electrons. The zero-order valence-electron chi connectivity index (χ0n) is 12.9. The van der Waals surface area contributed by atoms with Gasteiger partial charge in [0.25, 0.3) is 0 Å². The molecule has 2 aliphatic rings. The van der Waals surface area contributed by atoms with E-state index in [0.717, 1.165) is 25.1 Å². The molecular weight excluding hydrogens is 248 g/mol. The molecule has 20 heavy (non-hydrogen) atoms. The van der Waals surface area contributed by atoms with Crippen molar-refractivity contribution in [2.75, 3.05) is 11.4 Å². The first-order valence-electron chi connectivity index (χ1n) is 8.23. The summed E-state index contributed by atoms with van der Waals surface area (Å²) >= 11 is 0. The largest absolute Gasteiger partial charge is 0.339 e. The molecule has 0 spiro atoms. The fraction of sp³-hybridized carbons (Fsp3) is 0.812. The maximum atomic E-state index is 6.10. The summed E-state index contributed by atoms with van der Waals surface area (Å²) < 4.78 is 2.46. The summed E-state index contributed by atoms with van der Waals surface area (Å²) in [6, 6.07) is 1.52. The van der Waals surface area contributed by atoms with Gasteiger partial charge in [0, 0.05) is 30.9 Å². The van der Waals surface area contributed by atoms with Gasteiger partial charge in [-0.1, -0.05) is 19.3 Å². The zero-order valence-corrected chi connectivity index (χ0v) is 12.9. The number of hydrogen-bond donors (Lipinski definition) is 1. The standard InChI is InChI=1S/C16H28N4/c1-12-11-20(15-6-4-3-5-7-15)16(18-12)19-9-8-14(17)10-13(19)2/h11,13-15H,3-10,17H2,1-2H3. The van der Waals surface area contributed by atoms with Crippen LogP contribution in [0.5, 0.6) is 0 Å². The molecule has 4 heteroatoms. The van der Waals surface area contributed by atoms with Crippen molar-refractivity contribution in [1.82, 2.24) is 9.55 Å². The Morgan fingerprint density at radius 1 is 1.20 bits per heavy atom. The second-order valence-corrected chi connectivity index (χ2v) is 6.71. The van der Waals surface area contributed by atoms with Gasteiger partial charge in [-0.25, -0.2) is 4.98 Å². The number of imidazole rings is 1. The van der Waals surface area contributed by atoms with Gasteiger partial charge >= 0.3 is 0 Å². The van der Waals surface area contributed by atoms with Crippen molar-refractivity contribution in [2.24, 2.45) is 5.73 Å². The van der Waals surface area contributed by atoms with Crippen LogP contribution in [-0.2, 0) is 0 Å². The summed E-state index contributed by atoms with van der Waals surface area (Å²) in [5, 5.41) is 0. The van der Waals surface area contributed by atoms with Gasteiger partial charge < -0.3 is 15.2 Å². The van der Waals surface area contributed by atoms with Gasteiger partial charge in [0.15, 0.2) is 0 Å². The zero-order chi connectivity index (χ0) is 14.1. The first kappa shape index (κ1) is 13.9. The van der Waals surface area contributed by atoms with Crippen molar-refractivity contribution in [3.8, 4) is 0 Å². The lowest BCUT2D eigenvalue weighted by Gasteiger charge is -2.38. The third-order valence-corrected chi connectivity index (χ3v) is 4.97. The predicted octanol–water partition coefficient (Wildman–Crippen LogP) is 3.01. The minimum absolute atomic E-state index is 0.362. The first-order valence-corrected chi connectivity index (χ1v) is 8.23. The Balaban J connectivity index is 1.85. The van der Waals surface area contributed by atoms with E-state index in [-0.39, 0.29) is 0 Å². The van der Waals surface area contributed by atoms with Crippen LogP contribution in [0.15, 0.2) is 6.20 Å². The lowest BCUT2D eigenvalue weighted by Crippen LogP contribution is -2.46. The third kappa shape index (κ3) is 2.71. The Morgan fingerprint density at radius 2 is 1.95 bits per heavy atom. The summed E-state index contributed by atoms with van der Waals surface area (Å²) in [7, 11) is 0. The number of nitrogens with two attached hydrogens (primary N) is 1. The van der Waals surface area contributed by atoms with Gasteiger partial charge in [-0.05, 0) is 39.5 Å². The Hall–Kier alpha value is -1.03. The van der Waals surface area contributed by atoms with Crippen molar-refractivity contribution in [3.63, 3.8) is 0 Å². The van der Waals surface area contributed by atoms with Crippen LogP contribution < -0.4 is 10.6 Å². The SMILES string of the molecule is Cc1cn(C2CCCCC2)c(N2CCC(N)CC2C)n1. The quantitative estimate of drug-likeness (QED) is 0.903. The monoisotopic (exact) mass is 276 g/mol. The summed E-state index contributed by atoms with van der Waals surface area (Å²) in [6.07, 6.45) is 11.2. The van der Waals surface area contributed by atoms with E-state index in [1.165, 1.54) is 38.1 Å². The molecule has 1 aliphatic carbocycles. The van der Waals surface area contributed by atoms with Crippen LogP contribution in [0.4, 0.5) is 5.95 Å². The number of aryl methyl sites for hydroxylation is 1. The highest BCUT2D eigenvalue weighted by molar-refractivity contribution is 5.36. The molecule has 2 fully saturated rings. The normalized spacial score (nSPS) is 28.9. The highest BCUT2D eigenvalue weighted by atomic mass is 15.3. The Bertz CT molecular complexity index is 447. The van der Waals surface area contributed by atoms with Crippen LogP contribution in [0.25, 0.3) is 0 Å². The number of hydrogen-bond acceptors (Lipinski definition) is 3. The number of rotatable bonds is 2. The molecule has 2 heterocycles. The lowest BCUT2D eigenvalue weighted by molar-refractivity contribution is 0.345. The van der Waals surface area contributed by atoms with E-state index in [4.69, 9.17) is 10.7 Å². The van der Waals surface area contributed by atoms with Gasteiger partial charge in [0.05, 0.1) is 5.69 Å². The van der Waals surface area contributed by atoms with Crippen molar-refractivity contribution in [1.29, 1.82) is 0 Å². The maximum Gasteiger partial charge on any atom is 0.206 e. The van der Waals surface area contributed by atoms with Crippen molar-refractivity contribution >= 4 is 5.95 Å². The van der Waals surface area contributed by atoms with Gasteiger partial charge in [-0.2, -0.15) is 0 Å². The lowest BCUT2D eigenvalue weighted by atomic mass is 9.95. The molecule has 1 saturated carbocycles. The smallest absolute Gasteiger partial charge is 0.206 e. The van der Waals surface area contributed by atoms with Gasteiger partial charge in [0.2, 0.25) is 5.95 Å². The molecule has 1 aromatic heterocycles. The highest BCUT2D eigenvalue weighted by Crippen LogP contribution is 2.33. The number of nitrogens with zero attached hydrogens (tertiary/aromatic N) is 3. The average molecular weight is 276 g/mol.